The Bertz CT molecular complexity index is 474. The molecule has 1 atom stereocenters. The molecule has 0 aromatic heterocycles. The largest absolute Gasteiger partial charge is 0.335 e. The van der Waals surface area contributed by atoms with Gasteiger partial charge in [0.05, 0.1) is 0 Å². The number of hydrogen-bond acceptors (Lipinski definition) is 1. The first-order valence-electron chi connectivity index (χ1n) is 9.07. The molecule has 3 rings (SSSR count). The molecule has 0 spiro atoms. The van der Waals surface area contributed by atoms with Crippen molar-refractivity contribution in [3.63, 3.8) is 0 Å². The Morgan fingerprint density at radius 3 is 2.45 bits per heavy atom. The highest BCUT2D eigenvalue weighted by Gasteiger charge is 2.34. The summed E-state index contributed by atoms with van der Waals surface area (Å²) in [4.78, 5) is 15.0. The molecule has 2 saturated carbocycles. The molecule has 2 aliphatic carbocycles. The number of nitrogens with zero attached hydrogens (tertiary/aromatic N) is 1. The zero-order valence-corrected chi connectivity index (χ0v) is 13.8. The van der Waals surface area contributed by atoms with E-state index in [4.69, 9.17) is 0 Å². The minimum Gasteiger partial charge on any atom is -0.335 e. The zero-order valence-electron chi connectivity index (χ0n) is 13.8. The molecular formula is C20H29NO. The summed E-state index contributed by atoms with van der Waals surface area (Å²) in [6.45, 7) is 3.02. The maximum Gasteiger partial charge on any atom is 0.223 e. The summed E-state index contributed by atoms with van der Waals surface area (Å²) in [5.74, 6) is 1.91. The molecule has 1 aromatic rings. The third-order valence-electron chi connectivity index (χ3n) is 5.55. The molecule has 2 aliphatic rings. The van der Waals surface area contributed by atoms with E-state index in [1.807, 2.05) is 6.07 Å². The van der Waals surface area contributed by atoms with Gasteiger partial charge in [0.25, 0.3) is 0 Å². The van der Waals surface area contributed by atoms with Crippen LogP contribution < -0.4 is 0 Å². The van der Waals surface area contributed by atoms with Gasteiger partial charge < -0.3 is 4.90 Å². The molecule has 0 aliphatic heterocycles. The predicted molar refractivity (Wildman–Crippen MR) is 90.4 cm³/mol. The first-order valence-corrected chi connectivity index (χ1v) is 9.07. The van der Waals surface area contributed by atoms with Gasteiger partial charge in [0.1, 0.15) is 0 Å². The summed E-state index contributed by atoms with van der Waals surface area (Å²) in [6, 6.07) is 10.8. The van der Waals surface area contributed by atoms with Crippen LogP contribution in [0.3, 0.4) is 0 Å². The van der Waals surface area contributed by atoms with Crippen molar-refractivity contribution in [2.24, 2.45) is 11.8 Å². The second-order valence-electron chi connectivity index (χ2n) is 7.27. The molecule has 2 fully saturated rings. The second-order valence-corrected chi connectivity index (χ2v) is 7.27. The molecule has 22 heavy (non-hydrogen) atoms. The molecule has 0 heterocycles. The van der Waals surface area contributed by atoms with Crippen LogP contribution in [0, 0.1) is 11.8 Å². The Kier molecular flexibility index (Phi) is 5.17. The Labute approximate surface area is 134 Å². The fourth-order valence-electron chi connectivity index (χ4n) is 3.84. The third kappa shape index (κ3) is 4.12. The van der Waals surface area contributed by atoms with Crippen molar-refractivity contribution in [3.8, 4) is 0 Å². The normalized spacial score (nSPS) is 20.0. The van der Waals surface area contributed by atoms with Gasteiger partial charge >= 0.3 is 0 Å². The van der Waals surface area contributed by atoms with Crippen LogP contribution >= 0.6 is 0 Å². The summed E-state index contributed by atoms with van der Waals surface area (Å²) in [5, 5.41) is 0. The average molecular weight is 299 g/mol. The monoisotopic (exact) mass is 299 g/mol. The molecule has 0 bridgehead atoms. The van der Waals surface area contributed by atoms with Crippen molar-refractivity contribution in [2.75, 3.05) is 0 Å². The summed E-state index contributed by atoms with van der Waals surface area (Å²) >= 11 is 0. The molecule has 120 valence electrons. The van der Waals surface area contributed by atoms with E-state index in [0.717, 1.165) is 31.2 Å². The lowest BCUT2D eigenvalue weighted by Crippen LogP contribution is -2.39. The molecule has 1 amide bonds. The van der Waals surface area contributed by atoms with Crippen LogP contribution in [0.1, 0.15) is 63.9 Å². The quantitative estimate of drug-likeness (QED) is 0.709. The van der Waals surface area contributed by atoms with Gasteiger partial charge in [-0.2, -0.15) is 0 Å². The van der Waals surface area contributed by atoms with E-state index in [1.54, 1.807) is 0 Å². The topological polar surface area (TPSA) is 20.3 Å². The van der Waals surface area contributed by atoms with Crippen LogP contribution in [0.15, 0.2) is 30.3 Å². The van der Waals surface area contributed by atoms with E-state index in [9.17, 15) is 4.79 Å². The third-order valence-corrected chi connectivity index (χ3v) is 5.55. The van der Waals surface area contributed by atoms with E-state index in [0.29, 0.717) is 11.9 Å². The van der Waals surface area contributed by atoms with E-state index >= 15 is 0 Å². The summed E-state index contributed by atoms with van der Waals surface area (Å²) < 4.78 is 0. The number of amides is 1. The molecule has 0 saturated heterocycles. The highest BCUT2D eigenvalue weighted by atomic mass is 16.2. The van der Waals surface area contributed by atoms with Gasteiger partial charge in [0.15, 0.2) is 0 Å². The van der Waals surface area contributed by atoms with E-state index in [-0.39, 0.29) is 0 Å². The highest BCUT2D eigenvalue weighted by molar-refractivity contribution is 5.76. The number of hydrogen-bond donors (Lipinski definition) is 0. The van der Waals surface area contributed by atoms with Crippen molar-refractivity contribution in [1.29, 1.82) is 0 Å². The average Bonchev–Trinajstić information content (AvgIpc) is 3.27. The maximum atomic E-state index is 12.8. The van der Waals surface area contributed by atoms with Gasteiger partial charge in [-0.15, -0.1) is 0 Å². The molecule has 0 N–H and O–H groups in total. The van der Waals surface area contributed by atoms with Crippen LogP contribution in [0.5, 0.6) is 0 Å². The minimum atomic E-state index is 0.371. The second kappa shape index (κ2) is 7.30. The van der Waals surface area contributed by atoms with Gasteiger partial charge in [0, 0.05) is 19.0 Å². The van der Waals surface area contributed by atoms with Gasteiger partial charge in [-0.3, -0.25) is 4.79 Å². The Balaban J connectivity index is 1.60. The summed E-state index contributed by atoms with van der Waals surface area (Å²) in [5.41, 5.74) is 1.25. The lowest BCUT2D eigenvalue weighted by molar-refractivity contribution is -0.134. The predicted octanol–water partition coefficient (Wildman–Crippen LogP) is 4.78. The molecule has 0 radical (unpaired) electrons. The SMILES string of the molecule is CC(C1CC1)N(Cc1ccccc1)C(=O)CCC1CCCC1. The molecular weight excluding hydrogens is 270 g/mol. The Hall–Kier alpha value is -1.31. The van der Waals surface area contributed by atoms with E-state index in [2.05, 4.69) is 36.1 Å². The van der Waals surface area contributed by atoms with E-state index < -0.39 is 0 Å². The van der Waals surface area contributed by atoms with Crippen molar-refractivity contribution in [3.05, 3.63) is 35.9 Å². The van der Waals surface area contributed by atoms with Crippen LogP contribution in [-0.2, 0) is 11.3 Å². The van der Waals surface area contributed by atoms with Gasteiger partial charge in [-0.1, -0.05) is 56.0 Å². The van der Waals surface area contributed by atoms with Crippen molar-refractivity contribution >= 4 is 5.91 Å². The fraction of sp³-hybridized carbons (Fsp3) is 0.650. The summed E-state index contributed by atoms with van der Waals surface area (Å²) in [7, 11) is 0. The Morgan fingerprint density at radius 1 is 1.14 bits per heavy atom. The Morgan fingerprint density at radius 2 is 1.82 bits per heavy atom. The first kappa shape index (κ1) is 15.6. The molecule has 1 aromatic carbocycles. The number of carbonyl (C=O) groups excluding carboxylic acids is 1. The van der Waals surface area contributed by atoms with Crippen molar-refractivity contribution in [1.82, 2.24) is 4.90 Å². The first-order chi connectivity index (χ1) is 10.7. The molecule has 2 nitrogen and oxygen atoms in total. The smallest absolute Gasteiger partial charge is 0.223 e. The van der Waals surface area contributed by atoms with Crippen LogP contribution in [-0.4, -0.2) is 16.8 Å². The van der Waals surface area contributed by atoms with Gasteiger partial charge in [-0.25, -0.2) is 0 Å². The number of benzene rings is 1. The molecule has 2 heteroatoms. The van der Waals surface area contributed by atoms with E-state index in [1.165, 1.54) is 44.1 Å². The lowest BCUT2D eigenvalue weighted by atomic mass is 10.0. The highest BCUT2D eigenvalue weighted by Crippen LogP contribution is 2.36. The molecule has 1 unspecified atom stereocenters. The fourth-order valence-corrected chi connectivity index (χ4v) is 3.84. The van der Waals surface area contributed by atoms with Crippen LogP contribution in [0.4, 0.5) is 0 Å². The van der Waals surface area contributed by atoms with Crippen molar-refractivity contribution < 1.29 is 4.79 Å². The van der Waals surface area contributed by atoms with Crippen LogP contribution in [0.25, 0.3) is 0 Å². The maximum absolute atomic E-state index is 12.8. The lowest BCUT2D eigenvalue weighted by Gasteiger charge is -2.30. The minimum absolute atomic E-state index is 0.371. The standard InChI is InChI=1S/C20H29NO/c1-16(19-12-13-19)21(15-18-9-3-2-4-10-18)20(22)14-11-17-7-5-6-8-17/h2-4,9-10,16-17,19H,5-8,11-15H2,1H3. The van der Waals surface area contributed by atoms with Crippen molar-refractivity contribution in [2.45, 2.75) is 70.9 Å². The number of rotatable bonds is 7. The van der Waals surface area contributed by atoms with Crippen LogP contribution in [0.2, 0.25) is 0 Å². The van der Waals surface area contributed by atoms with Gasteiger partial charge in [0.2, 0.25) is 5.91 Å². The summed E-state index contributed by atoms with van der Waals surface area (Å²) in [6.07, 6.45) is 9.84. The zero-order chi connectivity index (χ0) is 15.4. The number of carbonyl (C=O) groups is 1. The van der Waals surface area contributed by atoms with Gasteiger partial charge in [-0.05, 0) is 43.6 Å².